The van der Waals surface area contributed by atoms with Crippen LogP contribution >= 0.6 is 0 Å². The van der Waals surface area contributed by atoms with E-state index in [4.69, 9.17) is 18.8 Å². The molecule has 3 aromatic carbocycles. The zero-order valence-corrected chi connectivity index (χ0v) is 31.2. The van der Waals surface area contributed by atoms with Gasteiger partial charge < -0.3 is 40.4 Å². The van der Waals surface area contributed by atoms with Crippen molar-refractivity contribution in [3.63, 3.8) is 0 Å². The quantitative estimate of drug-likeness (QED) is 0.211. The van der Waals surface area contributed by atoms with E-state index in [2.05, 4.69) is 31.6 Å². The summed E-state index contributed by atoms with van der Waals surface area (Å²) in [6, 6.07) is 17.3. The smallest absolute Gasteiger partial charge is 0.278 e. The standard InChI is InChI=1S/C39H45N7O9/c1-24-35(45-55-44-24)39(51)46-19-9-8-18-40-37(49)27-14-17-31(52-3)33(20-27)54-29-15-13-28(32(21-29)53-4)22-41-36(48)25(2)42-38(50)30(43-34(47)23-46)16-12-26-10-6-5-7-11-26/h5-7,10-11,13-15,17,20-21,25,30H,8-9,12,16,18-19,22-23H2,1-4H3,(H,40,49)(H,41,48)(H,42,50)(H,43,47)/t25-,30-/m0/s1. The number of fused-ring (bicyclic) bond motifs is 18. The highest BCUT2D eigenvalue weighted by Crippen LogP contribution is 2.35. The maximum absolute atomic E-state index is 13.7. The van der Waals surface area contributed by atoms with E-state index in [1.165, 1.54) is 19.1 Å². The van der Waals surface area contributed by atoms with Crippen molar-refractivity contribution in [2.45, 2.75) is 58.2 Å². The molecule has 1 aromatic heterocycles. The van der Waals surface area contributed by atoms with Gasteiger partial charge in [0.15, 0.2) is 17.2 Å². The van der Waals surface area contributed by atoms with Crippen molar-refractivity contribution in [3.8, 4) is 23.0 Å². The Bertz CT molecular complexity index is 1990. The Morgan fingerprint density at radius 2 is 1.67 bits per heavy atom. The van der Waals surface area contributed by atoms with Crippen molar-refractivity contribution < 1.29 is 42.8 Å². The topological polar surface area (TPSA) is 203 Å². The average Bonchev–Trinajstić information content (AvgIpc) is 3.63. The molecule has 2 aliphatic rings. The van der Waals surface area contributed by atoms with Gasteiger partial charge in [0.25, 0.3) is 11.8 Å². The van der Waals surface area contributed by atoms with Gasteiger partial charge in [0.2, 0.25) is 17.7 Å². The fourth-order valence-electron chi connectivity index (χ4n) is 5.87. The minimum atomic E-state index is -1.04. The summed E-state index contributed by atoms with van der Waals surface area (Å²) in [6.45, 7) is 3.16. The first-order chi connectivity index (χ1) is 26.6. The van der Waals surface area contributed by atoms with E-state index in [0.717, 1.165) is 5.56 Å². The van der Waals surface area contributed by atoms with Crippen LogP contribution in [0, 0.1) is 6.92 Å². The molecular weight excluding hydrogens is 710 g/mol. The highest BCUT2D eigenvalue weighted by molar-refractivity contribution is 5.97. The van der Waals surface area contributed by atoms with Gasteiger partial charge >= 0.3 is 0 Å². The van der Waals surface area contributed by atoms with Crippen LogP contribution in [-0.4, -0.2) is 90.7 Å². The van der Waals surface area contributed by atoms with Gasteiger partial charge in [-0.25, -0.2) is 4.63 Å². The average molecular weight is 756 g/mol. The molecule has 0 unspecified atom stereocenters. The molecule has 290 valence electrons. The summed E-state index contributed by atoms with van der Waals surface area (Å²) >= 11 is 0. The highest BCUT2D eigenvalue weighted by Gasteiger charge is 2.28. The Morgan fingerprint density at radius 3 is 2.40 bits per heavy atom. The van der Waals surface area contributed by atoms with Crippen LogP contribution in [0.3, 0.4) is 0 Å². The van der Waals surface area contributed by atoms with Crippen molar-refractivity contribution in [1.29, 1.82) is 0 Å². The van der Waals surface area contributed by atoms with Gasteiger partial charge in [-0.05, 0) is 80.6 Å². The number of carbonyl (C=O) groups excluding carboxylic acids is 5. The van der Waals surface area contributed by atoms with Crippen LogP contribution in [0.1, 0.15) is 63.9 Å². The number of methoxy groups -OCH3 is 2. The molecule has 16 heteroatoms. The van der Waals surface area contributed by atoms with E-state index in [9.17, 15) is 24.0 Å². The number of aryl methyl sites for hydroxylation is 2. The lowest BCUT2D eigenvalue weighted by atomic mass is 10.0. The number of rotatable bonds is 6. The second kappa shape index (κ2) is 19.0. The summed E-state index contributed by atoms with van der Waals surface area (Å²) in [4.78, 5) is 68.4. The van der Waals surface area contributed by atoms with Gasteiger partial charge in [-0.15, -0.1) is 0 Å². The summed E-state index contributed by atoms with van der Waals surface area (Å²) in [7, 11) is 2.98. The first-order valence-electron chi connectivity index (χ1n) is 17.9. The predicted molar refractivity (Wildman–Crippen MR) is 199 cm³/mol. The fraction of sp³-hybridized carbons (Fsp3) is 0.359. The lowest BCUT2D eigenvalue weighted by Crippen LogP contribution is -2.54. The Kier molecular flexibility index (Phi) is 13.8. The van der Waals surface area contributed by atoms with Crippen molar-refractivity contribution in [2.75, 3.05) is 33.9 Å². The number of hydrogen-bond acceptors (Lipinski definition) is 11. The molecule has 3 heterocycles. The number of amides is 5. The van der Waals surface area contributed by atoms with Crippen LogP contribution in [0.25, 0.3) is 0 Å². The van der Waals surface area contributed by atoms with Gasteiger partial charge in [0.1, 0.15) is 29.3 Å². The second-order valence-electron chi connectivity index (χ2n) is 12.9. The zero-order valence-electron chi connectivity index (χ0n) is 31.2. The minimum Gasteiger partial charge on any atom is -0.496 e. The van der Waals surface area contributed by atoms with Crippen LogP contribution in [-0.2, 0) is 27.3 Å². The summed E-state index contributed by atoms with van der Waals surface area (Å²) in [5, 5.41) is 18.6. The van der Waals surface area contributed by atoms with E-state index in [1.807, 2.05) is 30.3 Å². The number of benzene rings is 3. The Morgan fingerprint density at radius 1 is 0.891 bits per heavy atom. The van der Waals surface area contributed by atoms with Crippen molar-refractivity contribution in [2.24, 2.45) is 0 Å². The molecule has 16 nitrogen and oxygen atoms in total. The van der Waals surface area contributed by atoms with Gasteiger partial charge in [0, 0.05) is 36.8 Å². The third-order valence-electron chi connectivity index (χ3n) is 8.95. The van der Waals surface area contributed by atoms with Crippen LogP contribution in [0.15, 0.2) is 71.4 Å². The number of carbonyl (C=O) groups is 5. The molecule has 0 aliphatic carbocycles. The van der Waals surface area contributed by atoms with Crippen LogP contribution in [0.2, 0.25) is 0 Å². The third kappa shape index (κ3) is 10.8. The summed E-state index contributed by atoms with van der Waals surface area (Å²) in [6.07, 6.45) is 1.54. The van der Waals surface area contributed by atoms with Gasteiger partial charge in [-0.1, -0.05) is 35.5 Å². The molecule has 0 fully saturated rings. The van der Waals surface area contributed by atoms with E-state index in [-0.39, 0.29) is 43.4 Å². The van der Waals surface area contributed by atoms with Gasteiger partial charge in [-0.2, -0.15) is 0 Å². The first kappa shape index (κ1) is 39.8. The van der Waals surface area contributed by atoms with Gasteiger partial charge in [0.05, 0.1) is 20.8 Å². The molecule has 0 saturated heterocycles. The maximum Gasteiger partial charge on any atom is 0.278 e. The molecule has 2 aliphatic heterocycles. The molecule has 4 aromatic rings. The van der Waals surface area contributed by atoms with E-state index < -0.39 is 42.3 Å². The maximum atomic E-state index is 13.7. The molecule has 5 amide bonds. The largest absolute Gasteiger partial charge is 0.496 e. The first-order valence-corrected chi connectivity index (χ1v) is 17.9. The second-order valence-corrected chi connectivity index (χ2v) is 12.9. The number of ether oxygens (including phenoxy) is 3. The molecule has 0 radical (unpaired) electrons. The molecule has 4 bridgehead atoms. The molecule has 0 saturated carbocycles. The van der Waals surface area contributed by atoms with Crippen LogP contribution < -0.4 is 35.5 Å². The highest BCUT2D eigenvalue weighted by atomic mass is 16.6. The number of nitrogens with one attached hydrogen (secondary N) is 4. The monoisotopic (exact) mass is 755 g/mol. The van der Waals surface area contributed by atoms with Crippen LogP contribution in [0.4, 0.5) is 0 Å². The lowest BCUT2D eigenvalue weighted by molar-refractivity contribution is -0.132. The summed E-state index contributed by atoms with van der Waals surface area (Å²) in [5.41, 5.74) is 2.12. The lowest BCUT2D eigenvalue weighted by Gasteiger charge is -2.25. The molecular formula is C39H45N7O9. The molecule has 2 atom stereocenters. The molecule has 6 rings (SSSR count). The van der Waals surface area contributed by atoms with Crippen LogP contribution in [0.5, 0.6) is 23.0 Å². The number of nitrogens with zero attached hydrogens (tertiary/aromatic N) is 3. The molecule has 55 heavy (non-hydrogen) atoms. The van der Waals surface area contributed by atoms with Crippen molar-refractivity contribution >= 4 is 29.5 Å². The minimum absolute atomic E-state index is 0.0476. The number of aromatic nitrogens is 2. The summed E-state index contributed by atoms with van der Waals surface area (Å²) < 4.78 is 21.9. The molecule has 0 spiro atoms. The van der Waals surface area contributed by atoms with E-state index in [1.54, 1.807) is 50.2 Å². The third-order valence-corrected chi connectivity index (χ3v) is 8.95. The van der Waals surface area contributed by atoms with E-state index in [0.29, 0.717) is 53.4 Å². The zero-order chi connectivity index (χ0) is 39.3. The Labute approximate surface area is 318 Å². The van der Waals surface area contributed by atoms with E-state index >= 15 is 0 Å². The van der Waals surface area contributed by atoms with Gasteiger partial charge in [-0.3, -0.25) is 24.0 Å². The Balaban J connectivity index is 1.40. The normalized spacial score (nSPS) is 17.7. The Hall–Kier alpha value is -6.45. The number of hydrogen-bond donors (Lipinski definition) is 4. The van der Waals surface area contributed by atoms with Crippen molar-refractivity contribution in [3.05, 3.63) is 94.8 Å². The fourth-order valence-corrected chi connectivity index (χ4v) is 5.87. The molecule has 4 N–H and O–H groups in total. The van der Waals surface area contributed by atoms with Crippen molar-refractivity contribution in [1.82, 2.24) is 36.5 Å². The SMILES string of the molecule is COc1cc2ccc1CNC(=O)[C@H](C)NC(=O)[C@H](CCc1ccccc1)NC(=O)CN(C(=O)c1nonc1C)CCCCNC(=O)c1ccc(OC)c(c1)O2. The summed E-state index contributed by atoms with van der Waals surface area (Å²) in [5.74, 6) is -1.06. The predicted octanol–water partition coefficient (Wildman–Crippen LogP) is 3.09.